The maximum Gasteiger partial charge on any atom is 0.267 e. The lowest BCUT2D eigenvalue weighted by Crippen LogP contribution is -2.15. The first-order valence-electron chi connectivity index (χ1n) is 7.35. The second kappa shape index (κ2) is 6.78. The second-order valence-electron chi connectivity index (χ2n) is 5.29. The summed E-state index contributed by atoms with van der Waals surface area (Å²) in [6.07, 6.45) is 0. The highest BCUT2D eigenvalue weighted by molar-refractivity contribution is 7.92. The molecule has 8 heteroatoms. The number of ether oxygens (including phenoxy) is 1. The van der Waals surface area contributed by atoms with E-state index in [4.69, 9.17) is 20.9 Å². The largest absolute Gasteiger partial charge is 0.454 e. The number of halogens is 1. The number of anilines is 1. The number of nitrogens with zero attached hydrogens (tertiary/aromatic N) is 1. The number of hydrogen-bond donors (Lipinski definition) is 1. The zero-order valence-corrected chi connectivity index (χ0v) is 15.1. The zero-order chi connectivity index (χ0) is 18.0. The summed E-state index contributed by atoms with van der Waals surface area (Å²) in [4.78, 5) is 0.0139. The molecule has 6 nitrogen and oxygen atoms in total. The van der Waals surface area contributed by atoms with E-state index < -0.39 is 10.0 Å². The fourth-order valence-electron chi connectivity index (χ4n) is 2.34. The van der Waals surface area contributed by atoms with E-state index in [2.05, 4.69) is 9.88 Å². The zero-order valence-electron chi connectivity index (χ0n) is 13.5. The topological polar surface area (TPSA) is 81.4 Å². The van der Waals surface area contributed by atoms with Gasteiger partial charge in [-0.25, -0.2) is 8.42 Å². The number of hydrogen-bond acceptors (Lipinski definition) is 5. The van der Waals surface area contributed by atoms with Crippen LogP contribution in [0.4, 0.5) is 5.69 Å². The van der Waals surface area contributed by atoms with Gasteiger partial charge in [0.25, 0.3) is 10.0 Å². The highest BCUT2D eigenvalue weighted by Gasteiger charge is 2.25. The number of benzene rings is 2. The van der Waals surface area contributed by atoms with Gasteiger partial charge in [-0.2, -0.15) is 0 Å². The van der Waals surface area contributed by atoms with Gasteiger partial charge in [-0.05, 0) is 38.1 Å². The van der Waals surface area contributed by atoms with E-state index in [-0.39, 0.29) is 22.0 Å². The fourth-order valence-corrected chi connectivity index (χ4v) is 3.92. The molecule has 3 rings (SSSR count). The maximum atomic E-state index is 12.7. The van der Waals surface area contributed by atoms with Crippen molar-refractivity contribution in [3.63, 3.8) is 0 Å². The maximum absolute atomic E-state index is 12.7. The Kier molecular flexibility index (Phi) is 4.69. The lowest BCUT2D eigenvalue weighted by atomic mass is 10.3. The minimum Gasteiger partial charge on any atom is -0.454 e. The van der Waals surface area contributed by atoms with Gasteiger partial charge in [0.15, 0.2) is 16.4 Å². The summed E-state index contributed by atoms with van der Waals surface area (Å²) in [5.41, 5.74) is 0.567. The summed E-state index contributed by atoms with van der Waals surface area (Å²) in [5, 5.41) is 4.11. The van der Waals surface area contributed by atoms with E-state index >= 15 is 0 Å². The number of nitrogens with one attached hydrogen (secondary N) is 1. The highest BCUT2D eigenvalue weighted by Crippen LogP contribution is 2.34. The average molecular weight is 379 g/mol. The molecule has 1 N–H and O–H groups in total. The summed E-state index contributed by atoms with van der Waals surface area (Å²) in [6.45, 7) is 3.11. The molecule has 1 aromatic heterocycles. The van der Waals surface area contributed by atoms with Gasteiger partial charge in [0.05, 0.1) is 10.7 Å². The SMILES string of the molecule is Cc1noc(C)c1S(=O)(=O)Nc1ccccc1Oc1ccccc1Cl. The van der Waals surface area contributed by atoms with Crippen LogP contribution in [-0.4, -0.2) is 13.6 Å². The second-order valence-corrected chi connectivity index (χ2v) is 7.31. The molecule has 0 aliphatic heterocycles. The van der Waals surface area contributed by atoms with Gasteiger partial charge in [-0.15, -0.1) is 0 Å². The van der Waals surface area contributed by atoms with Crippen molar-refractivity contribution in [2.45, 2.75) is 18.7 Å². The van der Waals surface area contributed by atoms with E-state index in [1.807, 2.05) is 0 Å². The number of aryl methyl sites for hydroxylation is 2. The van der Waals surface area contributed by atoms with Crippen LogP contribution in [0.3, 0.4) is 0 Å². The third-order valence-electron chi connectivity index (χ3n) is 3.42. The van der Waals surface area contributed by atoms with Crippen LogP contribution in [0.2, 0.25) is 5.02 Å². The summed E-state index contributed by atoms with van der Waals surface area (Å²) in [6, 6.07) is 13.6. The third-order valence-corrected chi connectivity index (χ3v) is 5.35. The molecule has 0 aliphatic carbocycles. The Hall–Kier alpha value is -2.51. The van der Waals surface area contributed by atoms with Crippen LogP contribution in [-0.2, 0) is 10.0 Å². The van der Waals surface area contributed by atoms with Crippen molar-refractivity contribution in [3.05, 3.63) is 65.0 Å². The fraction of sp³-hybridized carbons (Fsp3) is 0.118. The van der Waals surface area contributed by atoms with Crippen LogP contribution in [0.25, 0.3) is 0 Å². The molecule has 1 heterocycles. The normalized spacial score (nSPS) is 11.3. The predicted octanol–water partition coefficient (Wildman–Crippen LogP) is 4.54. The molecule has 3 aromatic rings. The summed E-state index contributed by atoms with van der Waals surface area (Å²) < 4.78 is 38.6. The Morgan fingerprint density at radius 3 is 2.32 bits per heavy atom. The Bertz CT molecular complexity index is 995. The molecule has 25 heavy (non-hydrogen) atoms. The van der Waals surface area contributed by atoms with Crippen LogP contribution < -0.4 is 9.46 Å². The van der Waals surface area contributed by atoms with Crippen LogP contribution in [0.15, 0.2) is 57.9 Å². The quantitative estimate of drug-likeness (QED) is 0.704. The summed E-state index contributed by atoms with van der Waals surface area (Å²) >= 11 is 6.10. The van der Waals surface area contributed by atoms with Crippen molar-refractivity contribution in [1.82, 2.24) is 5.16 Å². The van der Waals surface area contributed by atoms with Gasteiger partial charge in [0.1, 0.15) is 11.4 Å². The van der Waals surface area contributed by atoms with Crippen molar-refractivity contribution in [1.29, 1.82) is 0 Å². The molecule has 0 unspecified atom stereocenters. The Morgan fingerprint density at radius 1 is 1.04 bits per heavy atom. The number of para-hydroxylation sites is 3. The molecule has 0 fully saturated rings. The molecule has 0 saturated heterocycles. The van der Waals surface area contributed by atoms with E-state index in [1.54, 1.807) is 62.4 Å². The molecule has 0 spiro atoms. The van der Waals surface area contributed by atoms with Crippen molar-refractivity contribution < 1.29 is 17.7 Å². The van der Waals surface area contributed by atoms with Gasteiger partial charge in [-0.1, -0.05) is 41.0 Å². The first-order valence-corrected chi connectivity index (χ1v) is 9.21. The van der Waals surface area contributed by atoms with Crippen molar-refractivity contribution in [2.75, 3.05) is 4.72 Å². The van der Waals surface area contributed by atoms with Gasteiger partial charge in [0, 0.05) is 0 Å². The van der Waals surface area contributed by atoms with E-state index in [0.29, 0.717) is 16.5 Å². The van der Waals surface area contributed by atoms with Crippen LogP contribution in [0, 0.1) is 13.8 Å². The molecule has 2 aromatic carbocycles. The van der Waals surface area contributed by atoms with Gasteiger partial charge >= 0.3 is 0 Å². The number of sulfonamides is 1. The lowest BCUT2D eigenvalue weighted by molar-refractivity contribution is 0.390. The lowest BCUT2D eigenvalue weighted by Gasteiger charge is -2.14. The number of rotatable bonds is 5. The monoisotopic (exact) mass is 378 g/mol. The minimum absolute atomic E-state index is 0.0139. The molecule has 0 aliphatic rings. The van der Waals surface area contributed by atoms with Crippen LogP contribution in [0.5, 0.6) is 11.5 Å². The first-order chi connectivity index (χ1) is 11.9. The van der Waals surface area contributed by atoms with Crippen molar-refractivity contribution in [2.24, 2.45) is 0 Å². The van der Waals surface area contributed by atoms with Crippen molar-refractivity contribution in [3.8, 4) is 11.5 Å². The van der Waals surface area contributed by atoms with E-state index in [9.17, 15) is 8.42 Å². The van der Waals surface area contributed by atoms with Gasteiger partial charge in [-0.3, -0.25) is 4.72 Å². The standard InChI is InChI=1S/C17H15ClN2O4S/c1-11-17(12(2)24-19-11)25(21,22)20-14-8-4-6-10-16(14)23-15-9-5-3-7-13(15)18/h3-10,20H,1-2H3. The Morgan fingerprint density at radius 2 is 1.68 bits per heavy atom. The van der Waals surface area contributed by atoms with Crippen LogP contribution in [0.1, 0.15) is 11.5 Å². The highest BCUT2D eigenvalue weighted by atomic mass is 35.5. The first kappa shape index (κ1) is 17.3. The summed E-state index contributed by atoms with van der Waals surface area (Å²) in [7, 11) is -3.88. The smallest absolute Gasteiger partial charge is 0.267 e. The van der Waals surface area contributed by atoms with Crippen LogP contribution >= 0.6 is 11.6 Å². The molecule has 0 bridgehead atoms. The van der Waals surface area contributed by atoms with Gasteiger partial charge < -0.3 is 9.26 Å². The van der Waals surface area contributed by atoms with Gasteiger partial charge in [0.2, 0.25) is 0 Å². The molecular formula is C17H15ClN2O4S. The molecular weight excluding hydrogens is 364 g/mol. The molecule has 130 valence electrons. The number of aromatic nitrogens is 1. The van der Waals surface area contributed by atoms with E-state index in [1.165, 1.54) is 0 Å². The average Bonchev–Trinajstić information content (AvgIpc) is 2.90. The molecule has 0 atom stereocenters. The molecule has 0 radical (unpaired) electrons. The molecule has 0 saturated carbocycles. The predicted molar refractivity (Wildman–Crippen MR) is 94.8 cm³/mol. The Labute approximate surface area is 150 Å². The summed E-state index contributed by atoms with van der Waals surface area (Å²) in [5.74, 6) is 0.966. The van der Waals surface area contributed by atoms with Crippen molar-refractivity contribution >= 4 is 27.3 Å². The minimum atomic E-state index is -3.88. The Balaban J connectivity index is 1.95. The molecule has 0 amide bonds. The third kappa shape index (κ3) is 3.62. The van der Waals surface area contributed by atoms with E-state index in [0.717, 1.165) is 0 Å².